The molecule has 1 saturated carbocycles. The summed E-state index contributed by atoms with van der Waals surface area (Å²) in [7, 11) is 2.09. The molecule has 0 saturated heterocycles. The summed E-state index contributed by atoms with van der Waals surface area (Å²) in [6.07, 6.45) is 15.9. The van der Waals surface area contributed by atoms with Crippen LogP contribution in [0.15, 0.2) is 84.6 Å². The first-order valence-electron chi connectivity index (χ1n) is 14.0. The van der Waals surface area contributed by atoms with E-state index in [1.54, 1.807) is 0 Å². The molecule has 0 bridgehead atoms. The molecule has 1 aliphatic carbocycles. The number of para-hydroxylation sites is 1. The maximum Gasteiger partial charge on any atom is 0.0455 e. The molecule has 1 heterocycles. The van der Waals surface area contributed by atoms with Gasteiger partial charge < -0.3 is 10.2 Å². The van der Waals surface area contributed by atoms with E-state index < -0.39 is 0 Å². The number of allylic oxidation sites excluding steroid dienone is 4. The third kappa shape index (κ3) is 4.25. The quantitative estimate of drug-likeness (QED) is 0.364. The van der Waals surface area contributed by atoms with Gasteiger partial charge in [-0.15, -0.1) is 0 Å². The number of nitrogens with one attached hydrogen (secondary N) is 1. The molecular formula is C34H42N2. The number of anilines is 2. The highest BCUT2D eigenvalue weighted by Crippen LogP contribution is 2.49. The Morgan fingerprint density at radius 3 is 2.42 bits per heavy atom. The molecule has 188 valence electrons. The predicted octanol–water partition coefficient (Wildman–Crippen LogP) is 9.12. The Labute approximate surface area is 218 Å². The number of hydrogen-bond donors (Lipinski definition) is 1. The molecule has 0 atom stereocenters. The largest absolute Gasteiger partial charge is 0.387 e. The third-order valence-electron chi connectivity index (χ3n) is 8.71. The summed E-state index contributed by atoms with van der Waals surface area (Å²) >= 11 is 0. The molecule has 3 aromatic carbocycles. The van der Waals surface area contributed by atoms with Crippen LogP contribution in [0.4, 0.5) is 11.4 Å². The number of rotatable bonds is 7. The van der Waals surface area contributed by atoms with Crippen LogP contribution in [0, 0.1) is 0 Å². The summed E-state index contributed by atoms with van der Waals surface area (Å²) in [5.74, 6) is 0. The van der Waals surface area contributed by atoms with Crippen molar-refractivity contribution >= 4 is 22.1 Å². The van der Waals surface area contributed by atoms with Crippen molar-refractivity contribution in [2.24, 2.45) is 0 Å². The average molecular weight is 479 g/mol. The van der Waals surface area contributed by atoms with Gasteiger partial charge in [0.15, 0.2) is 0 Å². The van der Waals surface area contributed by atoms with Gasteiger partial charge in [0.1, 0.15) is 0 Å². The summed E-state index contributed by atoms with van der Waals surface area (Å²) in [4.78, 5) is 2.54. The Bertz CT molecular complexity index is 1270. The summed E-state index contributed by atoms with van der Waals surface area (Å²) in [6.45, 7) is 8.08. The Morgan fingerprint density at radius 2 is 1.64 bits per heavy atom. The second kappa shape index (κ2) is 10.2. The van der Waals surface area contributed by atoms with Gasteiger partial charge in [-0.25, -0.2) is 0 Å². The minimum atomic E-state index is 0.0241. The zero-order valence-electron chi connectivity index (χ0n) is 22.6. The van der Waals surface area contributed by atoms with Gasteiger partial charge in [-0.2, -0.15) is 0 Å². The third-order valence-corrected chi connectivity index (χ3v) is 8.71. The first kappa shape index (κ1) is 24.7. The van der Waals surface area contributed by atoms with Crippen LogP contribution >= 0.6 is 0 Å². The molecule has 1 fully saturated rings. The van der Waals surface area contributed by atoms with Crippen molar-refractivity contribution in [3.8, 4) is 0 Å². The van der Waals surface area contributed by atoms with Gasteiger partial charge in [-0.3, -0.25) is 0 Å². The van der Waals surface area contributed by atoms with E-state index in [1.807, 2.05) is 0 Å². The lowest BCUT2D eigenvalue weighted by atomic mass is 9.66. The second-order valence-corrected chi connectivity index (χ2v) is 11.3. The van der Waals surface area contributed by atoms with Crippen molar-refractivity contribution in [3.63, 3.8) is 0 Å². The molecule has 1 N–H and O–H groups in total. The zero-order valence-corrected chi connectivity index (χ0v) is 22.6. The van der Waals surface area contributed by atoms with E-state index in [1.165, 1.54) is 71.1 Å². The Hall–Kier alpha value is -3.00. The zero-order chi connectivity index (χ0) is 25.2. The highest BCUT2D eigenvalue weighted by molar-refractivity contribution is 5.96. The second-order valence-electron chi connectivity index (χ2n) is 11.3. The molecule has 0 aromatic heterocycles. The van der Waals surface area contributed by atoms with Crippen LogP contribution in [-0.4, -0.2) is 13.6 Å². The van der Waals surface area contributed by atoms with Gasteiger partial charge >= 0.3 is 0 Å². The maximum atomic E-state index is 3.59. The molecule has 2 aliphatic rings. The highest BCUT2D eigenvalue weighted by atomic mass is 15.2. The molecule has 0 unspecified atom stereocenters. The summed E-state index contributed by atoms with van der Waals surface area (Å²) in [5, 5.41) is 6.25. The Kier molecular flexibility index (Phi) is 6.97. The minimum absolute atomic E-state index is 0.0241. The topological polar surface area (TPSA) is 15.3 Å². The van der Waals surface area contributed by atoms with E-state index >= 15 is 0 Å². The lowest BCUT2D eigenvalue weighted by Crippen LogP contribution is -2.29. The first-order valence-corrected chi connectivity index (χ1v) is 14.0. The summed E-state index contributed by atoms with van der Waals surface area (Å²) in [5.41, 5.74) is 7.29. The van der Waals surface area contributed by atoms with Crippen molar-refractivity contribution in [2.75, 3.05) is 23.8 Å². The van der Waals surface area contributed by atoms with Crippen LogP contribution in [0.3, 0.4) is 0 Å². The smallest absolute Gasteiger partial charge is 0.0455 e. The van der Waals surface area contributed by atoms with E-state index in [-0.39, 0.29) is 10.8 Å². The maximum absolute atomic E-state index is 3.59. The van der Waals surface area contributed by atoms with Crippen LogP contribution in [0.5, 0.6) is 0 Å². The molecule has 0 amide bonds. The minimum Gasteiger partial charge on any atom is -0.387 e. The highest BCUT2D eigenvalue weighted by Gasteiger charge is 2.39. The normalized spacial score (nSPS) is 19.8. The fraction of sp³-hybridized carbons (Fsp3) is 0.412. The van der Waals surface area contributed by atoms with Gasteiger partial charge in [-0.1, -0.05) is 107 Å². The fourth-order valence-electron chi connectivity index (χ4n) is 6.85. The van der Waals surface area contributed by atoms with Gasteiger partial charge in [0.25, 0.3) is 0 Å². The monoisotopic (exact) mass is 478 g/mol. The van der Waals surface area contributed by atoms with Crippen LogP contribution in [0.2, 0.25) is 0 Å². The number of fused-ring (bicyclic) bond motifs is 2. The molecule has 0 spiro atoms. The van der Waals surface area contributed by atoms with E-state index in [4.69, 9.17) is 0 Å². The van der Waals surface area contributed by atoms with Crippen LogP contribution in [0.25, 0.3) is 10.8 Å². The van der Waals surface area contributed by atoms with Gasteiger partial charge in [0.2, 0.25) is 0 Å². The number of hydrogen-bond acceptors (Lipinski definition) is 2. The van der Waals surface area contributed by atoms with Gasteiger partial charge in [0, 0.05) is 46.9 Å². The fourth-order valence-corrected chi connectivity index (χ4v) is 6.85. The SMILES string of the molecule is CCCN1/C(=C/C=C/CC2(c3ccc4ccccc4c3NC)CCCCC2)C(C)(C)c2ccccc21. The van der Waals surface area contributed by atoms with E-state index in [0.29, 0.717) is 0 Å². The van der Waals surface area contributed by atoms with Gasteiger partial charge in [0.05, 0.1) is 0 Å². The number of benzene rings is 3. The van der Waals surface area contributed by atoms with Crippen molar-refractivity contribution in [3.05, 3.63) is 95.7 Å². The molecular weight excluding hydrogens is 436 g/mol. The molecule has 3 aromatic rings. The molecule has 1 aliphatic heterocycles. The first-order chi connectivity index (χ1) is 17.5. The van der Waals surface area contributed by atoms with Crippen molar-refractivity contribution in [2.45, 2.75) is 76.5 Å². The molecule has 0 radical (unpaired) electrons. The lowest BCUT2D eigenvalue weighted by molar-refractivity contribution is 0.296. The Morgan fingerprint density at radius 1 is 0.889 bits per heavy atom. The molecule has 36 heavy (non-hydrogen) atoms. The van der Waals surface area contributed by atoms with Crippen LogP contribution in [-0.2, 0) is 10.8 Å². The van der Waals surface area contributed by atoms with E-state index in [2.05, 4.69) is 117 Å². The van der Waals surface area contributed by atoms with Gasteiger partial charge in [-0.05, 0) is 54.3 Å². The average Bonchev–Trinajstić information content (AvgIpc) is 3.12. The summed E-state index contributed by atoms with van der Waals surface area (Å²) in [6, 6.07) is 22.5. The van der Waals surface area contributed by atoms with Crippen molar-refractivity contribution in [1.82, 2.24) is 0 Å². The molecule has 2 heteroatoms. The van der Waals surface area contributed by atoms with Crippen LogP contribution in [0.1, 0.15) is 76.8 Å². The molecule has 2 nitrogen and oxygen atoms in total. The van der Waals surface area contributed by atoms with Crippen molar-refractivity contribution < 1.29 is 0 Å². The van der Waals surface area contributed by atoms with E-state index in [0.717, 1.165) is 19.4 Å². The number of nitrogens with zero attached hydrogens (tertiary/aromatic N) is 1. The Balaban J connectivity index is 1.48. The molecule has 5 rings (SSSR count). The van der Waals surface area contributed by atoms with E-state index in [9.17, 15) is 0 Å². The predicted molar refractivity (Wildman–Crippen MR) is 157 cm³/mol. The lowest BCUT2D eigenvalue weighted by Gasteiger charge is -2.39. The van der Waals surface area contributed by atoms with Crippen molar-refractivity contribution in [1.29, 1.82) is 0 Å². The van der Waals surface area contributed by atoms with Crippen LogP contribution < -0.4 is 10.2 Å². The standard InChI is InChI=1S/C34H42N2/c1-5-25-36-30-18-10-9-17-28(30)33(2,3)31(36)19-11-14-24-34(22-12-6-13-23-34)29-21-20-26-15-7-8-16-27(26)32(29)35-4/h7-11,14-21,35H,5-6,12-13,22-25H2,1-4H3/b14-11+,31-19+. The summed E-state index contributed by atoms with van der Waals surface area (Å²) < 4.78 is 0.